The smallest absolute Gasteiger partial charge is 0.303 e. The van der Waals surface area contributed by atoms with E-state index in [1.54, 1.807) is 0 Å². The van der Waals surface area contributed by atoms with Gasteiger partial charge in [-0.2, -0.15) is 0 Å². The molecule has 3 N–H and O–H groups in total. The molecule has 2 aromatic carbocycles. The maximum absolute atomic E-state index is 10.7. The third-order valence-electron chi connectivity index (χ3n) is 5.92. The van der Waals surface area contributed by atoms with Crippen LogP contribution in [0.4, 0.5) is 5.69 Å². The molecule has 0 saturated heterocycles. The molecule has 0 heterocycles. The van der Waals surface area contributed by atoms with Gasteiger partial charge in [0, 0.05) is 17.7 Å². The fraction of sp³-hybridized carbons (Fsp3) is 0.435. The van der Waals surface area contributed by atoms with Crippen LogP contribution in [0, 0.1) is 0 Å². The first-order chi connectivity index (χ1) is 12.1. The van der Waals surface area contributed by atoms with Crippen molar-refractivity contribution in [1.29, 1.82) is 0 Å². The molecule has 2 aromatic rings. The number of fused-ring (bicyclic) bond motifs is 1. The molecule has 26 heavy (non-hydrogen) atoms. The van der Waals surface area contributed by atoms with E-state index < -0.39 is 5.97 Å². The highest BCUT2D eigenvalue weighted by atomic mass is 16.4. The summed E-state index contributed by atoms with van der Waals surface area (Å²) < 4.78 is 0. The molecule has 1 aliphatic carbocycles. The number of carboxylic acids is 1. The van der Waals surface area contributed by atoms with Gasteiger partial charge in [0.05, 0.1) is 0 Å². The molecular formula is C23H29NO2. The second-order valence-electron chi connectivity index (χ2n) is 8.81. The molecule has 138 valence electrons. The minimum Gasteiger partial charge on any atom is -0.481 e. The number of carbonyl (C=O) groups is 1. The molecule has 3 nitrogen and oxygen atoms in total. The van der Waals surface area contributed by atoms with Crippen LogP contribution in [-0.2, 0) is 22.0 Å². The Hall–Kier alpha value is -2.29. The lowest BCUT2D eigenvalue weighted by Crippen LogP contribution is -2.34. The summed E-state index contributed by atoms with van der Waals surface area (Å²) in [6.45, 7) is 9.18. The molecule has 0 saturated carbocycles. The van der Waals surface area contributed by atoms with Gasteiger partial charge in [0.25, 0.3) is 0 Å². The van der Waals surface area contributed by atoms with Gasteiger partial charge in [0.1, 0.15) is 0 Å². The summed E-state index contributed by atoms with van der Waals surface area (Å²) >= 11 is 0. The van der Waals surface area contributed by atoms with Crippen molar-refractivity contribution in [2.75, 3.05) is 5.73 Å². The van der Waals surface area contributed by atoms with Crippen LogP contribution in [0.1, 0.15) is 63.6 Å². The standard InChI is InChI=1S/C23H29NO2/c1-22(2)13-14-23(3,4)20-18(22)11-10-17(21(20)24)16-8-5-15(6-9-16)7-12-19(25)26/h5-6,8-11H,7,12-14,24H2,1-4H3,(H,25,26). The van der Waals surface area contributed by atoms with Crippen molar-refractivity contribution in [2.24, 2.45) is 0 Å². The van der Waals surface area contributed by atoms with Crippen LogP contribution >= 0.6 is 0 Å². The number of anilines is 1. The Labute approximate surface area is 156 Å². The van der Waals surface area contributed by atoms with Crippen LogP contribution in [0.25, 0.3) is 11.1 Å². The number of hydrogen-bond acceptors (Lipinski definition) is 2. The van der Waals surface area contributed by atoms with Crippen molar-refractivity contribution in [1.82, 2.24) is 0 Å². The summed E-state index contributed by atoms with van der Waals surface area (Å²) in [5.74, 6) is -0.766. The third-order valence-corrected chi connectivity index (χ3v) is 5.92. The Kier molecular flexibility index (Phi) is 4.60. The number of benzene rings is 2. The summed E-state index contributed by atoms with van der Waals surface area (Å²) in [5.41, 5.74) is 13.7. The van der Waals surface area contributed by atoms with Crippen LogP contribution in [-0.4, -0.2) is 11.1 Å². The first-order valence-corrected chi connectivity index (χ1v) is 9.36. The summed E-state index contributed by atoms with van der Waals surface area (Å²) in [7, 11) is 0. The molecule has 0 spiro atoms. The summed E-state index contributed by atoms with van der Waals surface area (Å²) in [6, 6.07) is 12.5. The first kappa shape index (κ1) is 18.5. The summed E-state index contributed by atoms with van der Waals surface area (Å²) in [6.07, 6.45) is 3.01. The second-order valence-corrected chi connectivity index (χ2v) is 8.81. The first-order valence-electron chi connectivity index (χ1n) is 9.36. The van der Waals surface area contributed by atoms with Crippen LogP contribution in [0.2, 0.25) is 0 Å². The van der Waals surface area contributed by atoms with Gasteiger partial charge in [0.2, 0.25) is 0 Å². The minimum absolute atomic E-state index is 0.0758. The van der Waals surface area contributed by atoms with Gasteiger partial charge < -0.3 is 10.8 Å². The van der Waals surface area contributed by atoms with Crippen molar-refractivity contribution in [3.8, 4) is 11.1 Å². The topological polar surface area (TPSA) is 63.3 Å². The number of aryl methyl sites for hydroxylation is 1. The zero-order valence-corrected chi connectivity index (χ0v) is 16.2. The highest BCUT2D eigenvalue weighted by Crippen LogP contribution is 2.50. The van der Waals surface area contributed by atoms with E-state index in [-0.39, 0.29) is 17.3 Å². The van der Waals surface area contributed by atoms with Gasteiger partial charge in [0.15, 0.2) is 0 Å². The van der Waals surface area contributed by atoms with Crippen molar-refractivity contribution < 1.29 is 9.90 Å². The van der Waals surface area contributed by atoms with Crippen LogP contribution < -0.4 is 5.73 Å². The predicted molar refractivity (Wildman–Crippen MR) is 108 cm³/mol. The third kappa shape index (κ3) is 3.35. The van der Waals surface area contributed by atoms with E-state index in [1.807, 2.05) is 12.1 Å². The average molecular weight is 351 g/mol. The van der Waals surface area contributed by atoms with E-state index in [1.165, 1.54) is 17.5 Å². The fourth-order valence-corrected chi connectivity index (χ4v) is 4.15. The largest absolute Gasteiger partial charge is 0.481 e. The fourth-order valence-electron chi connectivity index (χ4n) is 4.15. The molecule has 0 atom stereocenters. The van der Waals surface area contributed by atoms with Gasteiger partial charge in [-0.25, -0.2) is 0 Å². The number of nitrogen functional groups attached to an aromatic ring is 1. The highest BCUT2D eigenvalue weighted by Gasteiger charge is 2.38. The normalized spacial score (nSPS) is 17.5. The van der Waals surface area contributed by atoms with Gasteiger partial charge in [-0.15, -0.1) is 0 Å². The molecule has 0 radical (unpaired) electrons. The molecule has 3 heteroatoms. The molecule has 1 aliphatic rings. The lowest BCUT2D eigenvalue weighted by molar-refractivity contribution is -0.136. The van der Waals surface area contributed by atoms with Crippen molar-refractivity contribution in [3.05, 3.63) is 53.1 Å². The van der Waals surface area contributed by atoms with E-state index >= 15 is 0 Å². The molecule has 3 rings (SSSR count). The number of nitrogens with two attached hydrogens (primary N) is 1. The zero-order chi connectivity index (χ0) is 19.1. The Balaban J connectivity index is 2.01. The highest BCUT2D eigenvalue weighted by molar-refractivity contribution is 5.81. The lowest BCUT2D eigenvalue weighted by atomic mass is 9.62. The van der Waals surface area contributed by atoms with E-state index in [0.717, 1.165) is 28.8 Å². The maximum atomic E-state index is 10.7. The monoisotopic (exact) mass is 351 g/mol. The quantitative estimate of drug-likeness (QED) is 0.735. The van der Waals surface area contributed by atoms with Gasteiger partial charge >= 0.3 is 5.97 Å². The molecular weight excluding hydrogens is 322 g/mol. The number of rotatable bonds is 4. The molecule has 0 aromatic heterocycles. The molecule has 0 aliphatic heterocycles. The van der Waals surface area contributed by atoms with Crippen LogP contribution in [0.5, 0.6) is 0 Å². The molecule has 0 fully saturated rings. The van der Waals surface area contributed by atoms with Gasteiger partial charge in [-0.3, -0.25) is 4.79 Å². The number of hydrogen-bond donors (Lipinski definition) is 2. The number of carboxylic acid groups (broad SMARTS) is 1. The van der Waals surface area contributed by atoms with Gasteiger partial charge in [-0.1, -0.05) is 64.1 Å². The Morgan fingerprint density at radius 2 is 1.62 bits per heavy atom. The lowest BCUT2D eigenvalue weighted by Gasteiger charge is -2.43. The van der Waals surface area contributed by atoms with E-state index in [2.05, 4.69) is 52.0 Å². The van der Waals surface area contributed by atoms with E-state index in [4.69, 9.17) is 10.8 Å². The number of aliphatic carboxylic acids is 1. The van der Waals surface area contributed by atoms with Crippen molar-refractivity contribution in [2.45, 2.75) is 64.2 Å². The second kappa shape index (κ2) is 6.46. The molecule has 0 bridgehead atoms. The Bertz CT molecular complexity index is 832. The zero-order valence-electron chi connectivity index (χ0n) is 16.2. The Morgan fingerprint density at radius 1 is 1.00 bits per heavy atom. The maximum Gasteiger partial charge on any atom is 0.303 e. The molecule has 0 unspecified atom stereocenters. The molecule has 0 amide bonds. The van der Waals surface area contributed by atoms with Crippen LogP contribution in [0.3, 0.4) is 0 Å². The Morgan fingerprint density at radius 3 is 2.23 bits per heavy atom. The van der Waals surface area contributed by atoms with E-state index in [0.29, 0.717) is 6.42 Å². The average Bonchev–Trinajstić information content (AvgIpc) is 2.57. The summed E-state index contributed by atoms with van der Waals surface area (Å²) in [4.78, 5) is 10.7. The van der Waals surface area contributed by atoms with E-state index in [9.17, 15) is 4.79 Å². The van der Waals surface area contributed by atoms with Crippen molar-refractivity contribution in [3.63, 3.8) is 0 Å². The predicted octanol–water partition coefficient (Wildman–Crippen LogP) is 5.30. The SMILES string of the molecule is CC1(C)CCC(C)(C)c2c1ccc(-c1ccc(CCC(=O)O)cc1)c2N. The van der Waals surface area contributed by atoms with Gasteiger partial charge in [-0.05, 0) is 52.3 Å². The van der Waals surface area contributed by atoms with Crippen LogP contribution in [0.15, 0.2) is 36.4 Å². The summed E-state index contributed by atoms with van der Waals surface area (Å²) in [5, 5.41) is 8.83. The van der Waals surface area contributed by atoms with Crippen molar-refractivity contribution >= 4 is 11.7 Å². The minimum atomic E-state index is -0.766.